The Balaban J connectivity index is 1.88. The summed E-state index contributed by atoms with van der Waals surface area (Å²) in [6.45, 7) is 8.08. The maximum Gasteiger partial charge on any atom is 0.242 e. The van der Waals surface area contributed by atoms with Crippen LogP contribution in [0.1, 0.15) is 20.3 Å². The van der Waals surface area contributed by atoms with E-state index in [9.17, 15) is 9.59 Å². The van der Waals surface area contributed by atoms with Crippen LogP contribution in [-0.2, 0) is 9.59 Å². The van der Waals surface area contributed by atoms with Gasteiger partial charge in [0.25, 0.3) is 0 Å². The van der Waals surface area contributed by atoms with Crippen LogP contribution in [-0.4, -0.2) is 60.9 Å². The Morgan fingerprint density at radius 3 is 2.61 bits per heavy atom. The van der Waals surface area contributed by atoms with Gasteiger partial charge >= 0.3 is 0 Å². The molecule has 102 valence electrons. The van der Waals surface area contributed by atoms with E-state index >= 15 is 0 Å². The highest BCUT2D eigenvalue weighted by Crippen LogP contribution is 2.21. The number of rotatable bonds is 2. The first-order valence-corrected chi connectivity index (χ1v) is 6.82. The summed E-state index contributed by atoms with van der Waals surface area (Å²) < 4.78 is 0. The molecule has 5 heteroatoms. The van der Waals surface area contributed by atoms with E-state index in [0.717, 1.165) is 19.6 Å². The third-order valence-corrected chi connectivity index (χ3v) is 3.74. The molecule has 2 saturated heterocycles. The molecular weight excluding hydrogens is 230 g/mol. The van der Waals surface area contributed by atoms with Gasteiger partial charge in [-0.3, -0.25) is 9.59 Å². The predicted molar refractivity (Wildman–Crippen MR) is 69.0 cm³/mol. The zero-order valence-electron chi connectivity index (χ0n) is 11.3. The number of likely N-dealkylation sites (tertiary alicyclic amines) is 1. The molecule has 2 aliphatic rings. The van der Waals surface area contributed by atoms with Crippen LogP contribution in [0.4, 0.5) is 0 Å². The maximum atomic E-state index is 12.2. The number of nitrogens with one attached hydrogen (secondary N) is 1. The van der Waals surface area contributed by atoms with Gasteiger partial charge in [0.1, 0.15) is 0 Å². The summed E-state index contributed by atoms with van der Waals surface area (Å²) in [6.07, 6.45) is 1.19. The van der Waals surface area contributed by atoms with Crippen molar-refractivity contribution < 1.29 is 9.59 Å². The highest BCUT2D eigenvalue weighted by molar-refractivity contribution is 5.86. The Labute approximate surface area is 108 Å². The van der Waals surface area contributed by atoms with E-state index in [4.69, 9.17) is 0 Å². The van der Waals surface area contributed by atoms with Crippen molar-refractivity contribution in [3.8, 4) is 0 Å². The molecule has 0 saturated carbocycles. The Bertz CT molecular complexity index is 322. The second kappa shape index (κ2) is 5.69. The van der Waals surface area contributed by atoms with Gasteiger partial charge in [0.2, 0.25) is 11.8 Å². The Kier molecular flexibility index (Phi) is 4.22. The van der Waals surface area contributed by atoms with Crippen LogP contribution in [0.3, 0.4) is 0 Å². The molecule has 1 N–H and O–H groups in total. The largest absolute Gasteiger partial charge is 0.341 e. The molecule has 2 atom stereocenters. The average Bonchev–Trinajstić information content (AvgIpc) is 2.31. The molecule has 2 aliphatic heterocycles. The highest BCUT2D eigenvalue weighted by atomic mass is 16.2. The first-order valence-electron chi connectivity index (χ1n) is 6.82. The van der Waals surface area contributed by atoms with Crippen molar-refractivity contribution >= 4 is 11.8 Å². The number of nitrogens with zero attached hydrogens (tertiary/aromatic N) is 2. The normalized spacial score (nSPS) is 29.6. The van der Waals surface area contributed by atoms with E-state index in [0.29, 0.717) is 24.9 Å². The molecule has 0 aromatic heterocycles. The molecule has 0 radical (unpaired) electrons. The van der Waals surface area contributed by atoms with Crippen molar-refractivity contribution in [2.24, 2.45) is 11.8 Å². The molecule has 18 heavy (non-hydrogen) atoms. The predicted octanol–water partition coefficient (Wildman–Crippen LogP) is -0.0773. The third-order valence-electron chi connectivity index (χ3n) is 3.74. The smallest absolute Gasteiger partial charge is 0.242 e. The standard InChI is InChI=1S/C13H23N3O2/c1-10-5-11(2)8-16(7-10)13(18)9-15-4-3-14-6-12(15)17/h10-11,14H,3-9H2,1-2H3/t10-,11+. The number of piperazine rings is 1. The van der Waals surface area contributed by atoms with Crippen LogP contribution in [0.2, 0.25) is 0 Å². The van der Waals surface area contributed by atoms with Gasteiger partial charge in [0, 0.05) is 26.2 Å². The third kappa shape index (κ3) is 3.22. The van der Waals surface area contributed by atoms with Gasteiger partial charge in [0.15, 0.2) is 0 Å². The van der Waals surface area contributed by atoms with E-state index in [2.05, 4.69) is 19.2 Å². The minimum absolute atomic E-state index is 0.0349. The van der Waals surface area contributed by atoms with Gasteiger partial charge < -0.3 is 15.1 Å². The maximum absolute atomic E-state index is 12.2. The van der Waals surface area contributed by atoms with Gasteiger partial charge in [-0.2, -0.15) is 0 Å². The van der Waals surface area contributed by atoms with Crippen molar-refractivity contribution in [2.45, 2.75) is 20.3 Å². The van der Waals surface area contributed by atoms with Crippen LogP contribution in [0.5, 0.6) is 0 Å². The van der Waals surface area contributed by atoms with Gasteiger partial charge in [-0.15, -0.1) is 0 Å². The summed E-state index contributed by atoms with van der Waals surface area (Å²) in [5, 5.41) is 3.02. The van der Waals surface area contributed by atoms with E-state index in [1.54, 1.807) is 4.90 Å². The lowest BCUT2D eigenvalue weighted by atomic mass is 9.92. The van der Waals surface area contributed by atoms with Crippen LogP contribution in [0, 0.1) is 11.8 Å². The SMILES string of the molecule is C[C@@H]1C[C@H](C)CN(C(=O)CN2CCNCC2=O)C1. The Morgan fingerprint density at radius 1 is 1.33 bits per heavy atom. The number of hydrogen-bond acceptors (Lipinski definition) is 3. The number of carbonyl (C=O) groups is 2. The molecule has 2 amide bonds. The van der Waals surface area contributed by atoms with Crippen LogP contribution < -0.4 is 5.32 Å². The molecule has 0 bridgehead atoms. The van der Waals surface area contributed by atoms with Gasteiger partial charge in [-0.05, 0) is 18.3 Å². The van der Waals surface area contributed by atoms with Crippen molar-refractivity contribution in [3.63, 3.8) is 0 Å². The zero-order valence-corrected chi connectivity index (χ0v) is 11.3. The van der Waals surface area contributed by atoms with Gasteiger partial charge in [-0.1, -0.05) is 13.8 Å². The lowest BCUT2D eigenvalue weighted by Gasteiger charge is -2.36. The van der Waals surface area contributed by atoms with Crippen molar-refractivity contribution in [1.29, 1.82) is 0 Å². The lowest BCUT2D eigenvalue weighted by molar-refractivity contribution is -0.142. The topological polar surface area (TPSA) is 52.7 Å². The first kappa shape index (κ1) is 13.3. The summed E-state index contributed by atoms with van der Waals surface area (Å²) in [6, 6.07) is 0. The molecule has 0 aromatic carbocycles. The summed E-state index contributed by atoms with van der Waals surface area (Å²) in [5.41, 5.74) is 0. The van der Waals surface area contributed by atoms with Crippen LogP contribution in [0.15, 0.2) is 0 Å². The molecule has 2 fully saturated rings. The molecule has 0 spiro atoms. The van der Waals surface area contributed by atoms with E-state index < -0.39 is 0 Å². The molecule has 0 aliphatic carbocycles. The Morgan fingerprint density at radius 2 is 2.00 bits per heavy atom. The molecule has 2 rings (SSSR count). The van der Waals surface area contributed by atoms with E-state index in [-0.39, 0.29) is 18.4 Å². The number of piperidine rings is 1. The first-order chi connectivity index (χ1) is 8.56. The van der Waals surface area contributed by atoms with E-state index in [1.165, 1.54) is 6.42 Å². The molecule has 5 nitrogen and oxygen atoms in total. The number of carbonyl (C=O) groups excluding carboxylic acids is 2. The van der Waals surface area contributed by atoms with Crippen LogP contribution in [0.25, 0.3) is 0 Å². The molecular formula is C13H23N3O2. The summed E-state index contributed by atoms with van der Waals surface area (Å²) >= 11 is 0. The fourth-order valence-corrected chi connectivity index (χ4v) is 2.94. The van der Waals surface area contributed by atoms with Gasteiger partial charge in [0.05, 0.1) is 13.1 Å². The average molecular weight is 253 g/mol. The summed E-state index contributed by atoms with van der Waals surface area (Å²) in [4.78, 5) is 27.4. The monoisotopic (exact) mass is 253 g/mol. The molecule has 2 heterocycles. The fraction of sp³-hybridized carbons (Fsp3) is 0.846. The van der Waals surface area contributed by atoms with Crippen molar-refractivity contribution in [1.82, 2.24) is 15.1 Å². The second-order valence-corrected chi connectivity index (χ2v) is 5.74. The number of amides is 2. The van der Waals surface area contributed by atoms with Crippen LogP contribution >= 0.6 is 0 Å². The summed E-state index contributed by atoms with van der Waals surface area (Å²) in [7, 11) is 0. The van der Waals surface area contributed by atoms with Crippen molar-refractivity contribution in [3.05, 3.63) is 0 Å². The number of hydrogen-bond donors (Lipinski definition) is 1. The second-order valence-electron chi connectivity index (χ2n) is 5.74. The minimum Gasteiger partial charge on any atom is -0.341 e. The minimum atomic E-state index is 0.0349. The summed E-state index contributed by atoms with van der Waals surface area (Å²) in [5.74, 6) is 1.27. The molecule has 0 aromatic rings. The molecule has 0 unspecified atom stereocenters. The van der Waals surface area contributed by atoms with Gasteiger partial charge in [-0.25, -0.2) is 0 Å². The Hall–Kier alpha value is -1.10. The van der Waals surface area contributed by atoms with E-state index in [1.807, 2.05) is 4.90 Å². The lowest BCUT2D eigenvalue weighted by Crippen LogP contribution is -2.53. The zero-order chi connectivity index (χ0) is 13.1. The quantitative estimate of drug-likeness (QED) is 0.749. The van der Waals surface area contributed by atoms with Crippen molar-refractivity contribution in [2.75, 3.05) is 39.3 Å². The highest BCUT2D eigenvalue weighted by Gasteiger charge is 2.28. The fourth-order valence-electron chi connectivity index (χ4n) is 2.94.